The molecule has 1 aliphatic heterocycles. The molecular formula is C30H37N3O5. The number of hydrogen-bond acceptors (Lipinski definition) is 7. The molecule has 0 radical (unpaired) electrons. The van der Waals surface area contributed by atoms with Crippen molar-refractivity contribution in [1.82, 2.24) is 15.2 Å². The highest BCUT2D eigenvalue weighted by Crippen LogP contribution is 2.34. The van der Waals surface area contributed by atoms with Gasteiger partial charge >= 0.3 is 0 Å². The number of pyridine rings is 1. The van der Waals surface area contributed by atoms with Crippen LogP contribution in [0, 0.1) is 5.41 Å². The SMILES string of the molecule is COc1ccc(CNC(=O)CN2CCCC(C)(C)COc3ccccc3Oc3ncccc3C2)cc1OC. The number of ether oxygens (including phenoxy) is 4. The van der Waals surface area contributed by atoms with Crippen LogP contribution < -0.4 is 24.3 Å². The number of nitrogens with one attached hydrogen (secondary N) is 1. The number of fused-ring (bicyclic) bond motifs is 2. The fraction of sp³-hybridized carbons (Fsp3) is 0.400. The van der Waals surface area contributed by atoms with E-state index in [1.165, 1.54) is 0 Å². The van der Waals surface area contributed by atoms with Crippen molar-refractivity contribution < 1.29 is 23.7 Å². The van der Waals surface area contributed by atoms with Gasteiger partial charge in [0.25, 0.3) is 0 Å². The van der Waals surface area contributed by atoms with Crippen molar-refractivity contribution in [2.75, 3.05) is 33.9 Å². The van der Waals surface area contributed by atoms with Crippen LogP contribution in [0.4, 0.5) is 0 Å². The Hall–Kier alpha value is -3.78. The molecule has 0 saturated heterocycles. The Morgan fingerprint density at radius 2 is 1.84 bits per heavy atom. The van der Waals surface area contributed by atoms with E-state index in [9.17, 15) is 4.79 Å². The summed E-state index contributed by atoms with van der Waals surface area (Å²) >= 11 is 0. The van der Waals surface area contributed by atoms with E-state index in [1.54, 1.807) is 20.4 Å². The van der Waals surface area contributed by atoms with Crippen LogP contribution in [0.1, 0.15) is 37.8 Å². The highest BCUT2D eigenvalue weighted by molar-refractivity contribution is 5.78. The number of nitrogens with zero attached hydrogens (tertiary/aromatic N) is 2. The number of rotatable bonds is 6. The standard InChI is InChI=1S/C30H37N3O5/c1-30(2)14-8-16-33(20-28(34)32-18-22-12-13-24(35-3)27(17-22)36-4)19-23-9-7-15-31-29(23)38-26-11-6-5-10-25(26)37-21-30/h5-7,9-13,15,17H,8,14,16,18-21H2,1-4H3,(H,32,34). The van der Waals surface area contributed by atoms with E-state index in [4.69, 9.17) is 18.9 Å². The van der Waals surface area contributed by atoms with E-state index < -0.39 is 0 Å². The molecule has 1 amide bonds. The van der Waals surface area contributed by atoms with Crippen LogP contribution >= 0.6 is 0 Å². The summed E-state index contributed by atoms with van der Waals surface area (Å²) in [6, 6.07) is 17.2. The largest absolute Gasteiger partial charge is 0.493 e. The number of aromatic nitrogens is 1. The summed E-state index contributed by atoms with van der Waals surface area (Å²) in [7, 11) is 3.20. The molecular weight excluding hydrogens is 482 g/mol. The lowest BCUT2D eigenvalue weighted by Gasteiger charge is -2.27. The van der Waals surface area contributed by atoms with Crippen LogP contribution in [0.15, 0.2) is 60.8 Å². The first-order valence-corrected chi connectivity index (χ1v) is 12.9. The molecule has 1 N–H and O–H groups in total. The molecule has 0 unspecified atom stereocenters. The molecule has 2 aromatic carbocycles. The van der Waals surface area contributed by atoms with Gasteiger partial charge in [-0.3, -0.25) is 9.69 Å². The third-order valence-electron chi connectivity index (χ3n) is 6.55. The van der Waals surface area contributed by atoms with Crippen LogP contribution in [0.2, 0.25) is 0 Å². The maximum absolute atomic E-state index is 13.0. The average molecular weight is 520 g/mol. The molecule has 0 bridgehead atoms. The van der Waals surface area contributed by atoms with Gasteiger partial charge in [-0.25, -0.2) is 4.98 Å². The summed E-state index contributed by atoms with van der Waals surface area (Å²) in [5.41, 5.74) is 1.81. The normalized spacial score (nSPS) is 15.7. The van der Waals surface area contributed by atoms with Gasteiger partial charge in [-0.15, -0.1) is 0 Å². The molecule has 0 fully saturated rings. The van der Waals surface area contributed by atoms with Crippen LogP contribution in [0.25, 0.3) is 0 Å². The highest BCUT2D eigenvalue weighted by Gasteiger charge is 2.23. The van der Waals surface area contributed by atoms with Gasteiger partial charge in [0.05, 0.1) is 27.4 Å². The van der Waals surface area contributed by atoms with Crippen LogP contribution in [0.3, 0.4) is 0 Å². The second-order valence-electron chi connectivity index (χ2n) is 10.2. The second-order valence-corrected chi connectivity index (χ2v) is 10.2. The van der Waals surface area contributed by atoms with Gasteiger partial charge in [0.2, 0.25) is 11.8 Å². The predicted molar refractivity (Wildman–Crippen MR) is 146 cm³/mol. The molecule has 2 heterocycles. The number of carbonyl (C=O) groups is 1. The lowest BCUT2D eigenvalue weighted by Crippen LogP contribution is -2.37. The summed E-state index contributed by atoms with van der Waals surface area (Å²) in [6.07, 6.45) is 3.60. The Morgan fingerprint density at radius 3 is 2.63 bits per heavy atom. The van der Waals surface area contributed by atoms with Gasteiger partial charge in [-0.2, -0.15) is 0 Å². The van der Waals surface area contributed by atoms with Gasteiger partial charge in [0.15, 0.2) is 23.0 Å². The van der Waals surface area contributed by atoms with E-state index in [0.717, 1.165) is 30.5 Å². The van der Waals surface area contributed by atoms with Crippen molar-refractivity contribution in [2.24, 2.45) is 5.41 Å². The molecule has 4 rings (SSSR count). The second kappa shape index (κ2) is 12.6. The van der Waals surface area contributed by atoms with Gasteiger partial charge in [0, 0.05) is 24.8 Å². The predicted octanol–water partition coefficient (Wildman–Crippen LogP) is 5.21. The third kappa shape index (κ3) is 7.38. The topological polar surface area (TPSA) is 82.2 Å². The Bertz CT molecular complexity index is 1230. The quantitative estimate of drug-likeness (QED) is 0.479. The number of benzene rings is 2. The Balaban J connectivity index is 1.49. The molecule has 38 heavy (non-hydrogen) atoms. The fourth-order valence-electron chi connectivity index (χ4n) is 4.43. The van der Waals surface area contributed by atoms with E-state index in [-0.39, 0.29) is 17.9 Å². The van der Waals surface area contributed by atoms with Gasteiger partial charge < -0.3 is 24.3 Å². The third-order valence-corrected chi connectivity index (χ3v) is 6.55. The Kier molecular flexibility index (Phi) is 9.07. The highest BCUT2D eigenvalue weighted by atomic mass is 16.5. The molecule has 3 aromatic rings. The van der Waals surface area contributed by atoms with Crippen molar-refractivity contribution in [3.05, 3.63) is 71.9 Å². The monoisotopic (exact) mass is 519 g/mol. The lowest BCUT2D eigenvalue weighted by molar-refractivity contribution is -0.122. The molecule has 0 atom stereocenters. The van der Waals surface area contributed by atoms with Crippen LogP contribution in [-0.2, 0) is 17.9 Å². The van der Waals surface area contributed by atoms with Crippen molar-refractivity contribution in [2.45, 2.75) is 39.8 Å². The maximum Gasteiger partial charge on any atom is 0.234 e. The van der Waals surface area contributed by atoms with Crippen LogP contribution in [0.5, 0.6) is 28.9 Å². The zero-order valence-corrected chi connectivity index (χ0v) is 22.7. The molecule has 8 nitrogen and oxygen atoms in total. The smallest absolute Gasteiger partial charge is 0.234 e. The van der Waals surface area contributed by atoms with E-state index in [2.05, 4.69) is 29.0 Å². The maximum atomic E-state index is 13.0. The van der Waals surface area contributed by atoms with Crippen LogP contribution in [-0.4, -0.2) is 49.7 Å². The zero-order valence-electron chi connectivity index (χ0n) is 22.7. The molecule has 1 aliphatic rings. The first kappa shape index (κ1) is 27.3. The Morgan fingerprint density at radius 1 is 1.05 bits per heavy atom. The molecule has 0 saturated carbocycles. The minimum Gasteiger partial charge on any atom is -0.493 e. The molecule has 202 valence electrons. The van der Waals surface area contributed by atoms with Crippen molar-refractivity contribution in [1.29, 1.82) is 0 Å². The van der Waals surface area contributed by atoms with Crippen molar-refractivity contribution in [3.63, 3.8) is 0 Å². The minimum absolute atomic E-state index is 0.0341. The number of amides is 1. The lowest BCUT2D eigenvalue weighted by atomic mass is 9.88. The van der Waals surface area contributed by atoms with Crippen molar-refractivity contribution in [3.8, 4) is 28.9 Å². The number of carbonyl (C=O) groups excluding carboxylic acids is 1. The Labute approximate surface area is 224 Å². The molecule has 8 heteroatoms. The fourth-order valence-corrected chi connectivity index (χ4v) is 4.43. The number of hydrogen-bond donors (Lipinski definition) is 1. The van der Waals surface area contributed by atoms with E-state index in [1.807, 2.05) is 54.6 Å². The molecule has 0 spiro atoms. The summed E-state index contributed by atoms with van der Waals surface area (Å²) < 4.78 is 23.1. The van der Waals surface area contributed by atoms with E-state index in [0.29, 0.717) is 48.6 Å². The molecule has 0 aliphatic carbocycles. The average Bonchev–Trinajstić information content (AvgIpc) is 2.92. The zero-order chi connectivity index (χ0) is 27.0. The number of methoxy groups -OCH3 is 2. The summed E-state index contributed by atoms with van der Waals surface area (Å²) in [6.45, 7) is 6.92. The van der Waals surface area contributed by atoms with E-state index >= 15 is 0 Å². The molecule has 1 aromatic heterocycles. The van der Waals surface area contributed by atoms with Gasteiger partial charge in [-0.1, -0.05) is 38.1 Å². The van der Waals surface area contributed by atoms with Crippen molar-refractivity contribution >= 4 is 5.91 Å². The minimum atomic E-state index is -0.0524. The first-order chi connectivity index (χ1) is 18.4. The first-order valence-electron chi connectivity index (χ1n) is 12.9. The van der Waals surface area contributed by atoms with Gasteiger partial charge in [0.1, 0.15) is 0 Å². The van der Waals surface area contributed by atoms with Gasteiger partial charge in [-0.05, 0) is 60.7 Å². The summed E-state index contributed by atoms with van der Waals surface area (Å²) in [5, 5.41) is 3.04. The summed E-state index contributed by atoms with van der Waals surface area (Å²) in [5.74, 6) is 3.07. The number of para-hydroxylation sites is 2. The summed E-state index contributed by atoms with van der Waals surface area (Å²) in [4.78, 5) is 19.7.